The third-order valence-corrected chi connectivity index (χ3v) is 2.56. The van der Waals surface area contributed by atoms with Gasteiger partial charge >= 0.3 is 0 Å². The Bertz CT molecular complexity index is 522. The molecule has 84 valence electrons. The van der Waals surface area contributed by atoms with Gasteiger partial charge in [0.1, 0.15) is 5.75 Å². The quantitative estimate of drug-likeness (QED) is 0.873. The molecule has 2 N–H and O–H groups in total. The van der Waals surface area contributed by atoms with Gasteiger partial charge in [0.25, 0.3) is 0 Å². The van der Waals surface area contributed by atoms with E-state index in [1.165, 1.54) is 0 Å². The number of imidazole rings is 1. The lowest BCUT2D eigenvalue weighted by molar-refractivity contribution is 0.415. The molecule has 1 heterocycles. The zero-order valence-electron chi connectivity index (χ0n) is 9.07. The minimum atomic E-state index is 0.443. The third-order valence-electron chi connectivity index (χ3n) is 2.27. The first-order valence-electron chi connectivity index (χ1n) is 4.77. The van der Waals surface area contributed by atoms with E-state index in [2.05, 4.69) is 4.98 Å². The van der Waals surface area contributed by atoms with Crippen molar-refractivity contribution in [3.63, 3.8) is 0 Å². The summed E-state index contributed by atoms with van der Waals surface area (Å²) in [6, 6.07) is 5.46. The normalized spacial score (nSPS) is 10.4. The van der Waals surface area contributed by atoms with Crippen molar-refractivity contribution in [3.8, 4) is 11.4 Å². The van der Waals surface area contributed by atoms with E-state index in [-0.39, 0.29) is 0 Å². The average molecular weight is 238 g/mol. The van der Waals surface area contributed by atoms with Crippen LogP contribution in [0.5, 0.6) is 5.75 Å². The summed E-state index contributed by atoms with van der Waals surface area (Å²) in [6.45, 7) is 1.89. The maximum atomic E-state index is 6.04. The number of nitrogen functional groups attached to an aromatic ring is 1. The number of anilines is 1. The predicted molar refractivity (Wildman–Crippen MR) is 64.3 cm³/mol. The smallest absolute Gasteiger partial charge is 0.205 e. The second-order valence-electron chi connectivity index (χ2n) is 3.43. The first-order chi connectivity index (χ1) is 7.61. The van der Waals surface area contributed by atoms with Crippen molar-refractivity contribution in [1.82, 2.24) is 9.55 Å². The largest absolute Gasteiger partial charge is 0.495 e. The van der Waals surface area contributed by atoms with Crippen molar-refractivity contribution in [2.45, 2.75) is 6.92 Å². The Hall–Kier alpha value is -1.68. The van der Waals surface area contributed by atoms with Gasteiger partial charge in [-0.05, 0) is 25.1 Å². The molecule has 0 amide bonds. The molecule has 0 unspecified atom stereocenters. The van der Waals surface area contributed by atoms with Gasteiger partial charge in [0.2, 0.25) is 5.95 Å². The number of ether oxygens (including phenoxy) is 1. The van der Waals surface area contributed by atoms with Gasteiger partial charge in [-0.3, -0.25) is 4.57 Å². The fraction of sp³-hybridized carbons (Fsp3) is 0.182. The topological polar surface area (TPSA) is 53.1 Å². The minimum absolute atomic E-state index is 0.443. The van der Waals surface area contributed by atoms with Crippen molar-refractivity contribution in [2.24, 2.45) is 0 Å². The molecule has 0 aliphatic carbocycles. The van der Waals surface area contributed by atoms with Crippen LogP contribution in [-0.2, 0) is 0 Å². The maximum Gasteiger partial charge on any atom is 0.205 e. The summed E-state index contributed by atoms with van der Waals surface area (Å²) in [7, 11) is 1.58. The number of benzene rings is 1. The second kappa shape index (κ2) is 4.06. The molecule has 0 fully saturated rings. The van der Waals surface area contributed by atoms with Crippen LogP contribution in [-0.4, -0.2) is 16.7 Å². The Balaban J connectivity index is 2.49. The van der Waals surface area contributed by atoms with E-state index >= 15 is 0 Å². The predicted octanol–water partition coefficient (Wildman–Crippen LogP) is 2.42. The first-order valence-corrected chi connectivity index (χ1v) is 5.15. The summed E-state index contributed by atoms with van der Waals surface area (Å²) in [5, 5.41) is 0.547. The molecule has 2 aromatic rings. The van der Waals surface area contributed by atoms with Crippen LogP contribution < -0.4 is 10.5 Å². The fourth-order valence-corrected chi connectivity index (χ4v) is 1.78. The number of nitrogens with zero attached hydrogens (tertiary/aromatic N) is 2. The van der Waals surface area contributed by atoms with E-state index in [1.807, 2.05) is 19.2 Å². The van der Waals surface area contributed by atoms with Crippen molar-refractivity contribution in [3.05, 3.63) is 35.1 Å². The van der Waals surface area contributed by atoms with Crippen molar-refractivity contribution >= 4 is 17.5 Å². The number of halogens is 1. The molecule has 16 heavy (non-hydrogen) atoms. The molecule has 0 atom stereocenters. The zero-order valence-corrected chi connectivity index (χ0v) is 9.82. The molecule has 0 spiro atoms. The van der Waals surface area contributed by atoms with Crippen LogP contribution in [0.4, 0.5) is 5.95 Å². The van der Waals surface area contributed by atoms with Gasteiger partial charge in [-0.15, -0.1) is 0 Å². The SMILES string of the molecule is COc1ccc(-n2cc(C)nc2N)cc1Cl. The van der Waals surface area contributed by atoms with Gasteiger partial charge in [-0.25, -0.2) is 4.98 Å². The minimum Gasteiger partial charge on any atom is -0.495 e. The highest BCUT2D eigenvalue weighted by atomic mass is 35.5. The van der Waals surface area contributed by atoms with Crippen LogP contribution in [0, 0.1) is 6.92 Å². The van der Waals surface area contributed by atoms with Crippen LogP contribution >= 0.6 is 11.6 Å². The van der Waals surface area contributed by atoms with Gasteiger partial charge < -0.3 is 10.5 Å². The summed E-state index contributed by atoms with van der Waals surface area (Å²) in [6.07, 6.45) is 1.85. The van der Waals surface area contributed by atoms with E-state index in [0.29, 0.717) is 16.7 Å². The molecule has 1 aromatic heterocycles. The van der Waals surface area contributed by atoms with Crippen LogP contribution in [0.15, 0.2) is 24.4 Å². The number of rotatable bonds is 2. The molecule has 2 rings (SSSR count). The Morgan fingerprint density at radius 3 is 2.69 bits per heavy atom. The van der Waals surface area contributed by atoms with Gasteiger partial charge in [-0.1, -0.05) is 11.6 Å². The Labute approximate surface area is 98.6 Å². The highest BCUT2D eigenvalue weighted by Gasteiger charge is 2.07. The fourth-order valence-electron chi connectivity index (χ4n) is 1.53. The zero-order chi connectivity index (χ0) is 11.7. The number of aryl methyl sites for hydroxylation is 1. The summed E-state index contributed by atoms with van der Waals surface area (Å²) in [5.74, 6) is 1.08. The van der Waals surface area contributed by atoms with Gasteiger partial charge in [0.15, 0.2) is 0 Å². The van der Waals surface area contributed by atoms with E-state index in [9.17, 15) is 0 Å². The lowest BCUT2D eigenvalue weighted by Gasteiger charge is -2.07. The van der Waals surface area contributed by atoms with Crippen molar-refractivity contribution < 1.29 is 4.74 Å². The molecule has 0 radical (unpaired) electrons. The van der Waals surface area contributed by atoms with Crippen molar-refractivity contribution in [1.29, 1.82) is 0 Å². The molecule has 0 aliphatic heterocycles. The number of hydrogen-bond acceptors (Lipinski definition) is 3. The lowest BCUT2D eigenvalue weighted by atomic mass is 10.3. The molecule has 4 nitrogen and oxygen atoms in total. The standard InChI is InChI=1S/C11H12ClN3O/c1-7-6-15(11(13)14-7)8-3-4-10(16-2)9(12)5-8/h3-6H,1-2H3,(H2,13,14). The number of nitrogens with two attached hydrogens (primary N) is 1. The molecule has 0 saturated heterocycles. The van der Waals surface area contributed by atoms with E-state index < -0.39 is 0 Å². The van der Waals surface area contributed by atoms with E-state index in [4.69, 9.17) is 22.1 Å². The Morgan fingerprint density at radius 1 is 1.44 bits per heavy atom. The second-order valence-corrected chi connectivity index (χ2v) is 3.84. The third kappa shape index (κ3) is 1.84. The molecule has 1 aromatic carbocycles. The first kappa shape index (κ1) is 10.8. The van der Waals surface area contributed by atoms with Crippen LogP contribution in [0.3, 0.4) is 0 Å². The monoisotopic (exact) mass is 237 g/mol. The summed E-state index contributed by atoms with van der Waals surface area (Å²) >= 11 is 6.04. The number of hydrogen-bond donors (Lipinski definition) is 1. The molecule has 0 aliphatic rings. The van der Waals surface area contributed by atoms with E-state index in [0.717, 1.165) is 11.4 Å². The average Bonchev–Trinajstić information content (AvgIpc) is 2.58. The van der Waals surface area contributed by atoms with Gasteiger partial charge in [0, 0.05) is 6.20 Å². The van der Waals surface area contributed by atoms with E-state index in [1.54, 1.807) is 23.8 Å². The van der Waals surface area contributed by atoms with Crippen LogP contribution in [0.1, 0.15) is 5.69 Å². The van der Waals surface area contributed by atoms with Gasteiger partial charge in [-0.2, -0.15) is 0 Å². The summed E-state index contributed by atoms with van der Waals surface area (Å²) in [4.78, 5) is 4.13. The molecular formula is C11H12ClN3O. The number of aromatic nitrogens is 2. The van der Waals surface area contributed by atoms with Crippen LogP contribution in [0.25, 0.3) is 5.69 Å². The lowest BCUT2D eigenvalue weighted by Crippen LogP contribution is -1.99. The highest BCUT2D eigenvalue weighted by Crippen LogP contribution is 2.27. The molecule has 5 heteroatoms. The summed E-state index contributed by atoms with van der Waals surface area (Å²) < 4.78 is 6.86. The maximum absolute atomic E-state index is 6.04. The molecule has 0 saturated carbocycles. The molecule has 0 bridgehead atoms. The number of methoxy groups -OCH3 is 1. The van der Waals surface area contributed by atoms with Gasteiger partial charge in [0.05, 0.1) is 23.5 Å². The van der Waals surface area contributed by atoms with Crippen molar-refractivity contribution in [2.75, 3.05) is 12.8 Å². The Morgan fingerprint density at radius 2 is 2.19 bits per heavy atom. The summed E-state index contributed by atoms with van der Waals surface area (Å²) in [5.41, 5.74) is 7.50. The Kier molecular flexibility index (Phi) is 2.75. The highest BCUT2D eigenvalue weighted by molar-refractivity contribution is 6.32. The molecular weight excluding hydrogens is 226 g/mol. The van der Waals surface area contributed by atoms with Crippen LogP contribution in [0.2, 0.25) is 5.02 Å².